The minimum atomic E-state index is 0.968. The predicted octanol–water partition coefficient (Wildman–Crippen LogP) is 2.54. The lowest BCUT2D eigenvalue weighted by Gasteiger charge is -2.12. The zero-order valence-corrected chi connectivity index (χ0v) is 7.02. The van der Waals surface area contributed by atoms with Crippen molar-refractivity contribution >= 4 is 0 Å². The third kappa shape index (κ3) is 3.13. The van der Waals surface area contributed by atoms with Crippen molar-refractivity contribution < 1.29 is 0 Å². The zero-order chi connectivity index (χ0) is 8.15. The number of nitrogens with zero attached hydrogens (tertiary/aromatic N) is 1. The van der Waals surface area contributed by atoms with Crippen LogP contribution in [0.4, 0.5) is 0 Å². The molecule has 0 aromatic heterocycles. The van der Waals surface area contributed by atoms with Gasteiger partial charge in [-0.1, -0.05) is 18.7 Å². The Morgan fingerprint density at radius 2 is 1.90 bits per heavy atom. The SMILES string of the molecule is C=CN(C)C(=C)C=C(C)C. The highest BCUT2D eigenvalue weighted by molar-refractivity contribution is 5.18. The van der Waals surface area contributed by atoms with Crippen molar-refractivity contribution in [1.82, 2.24) is 4.90 Å². The summed E-state index contributed by atoms with van der Waals surface area (Å²) in [6.07, 6.45) is 3.75. The Labute approximate surface area is 63.3 Å². The molecule has 0 aliphatic rings. The number of rotatable bonds is 3. The Bertz CT molecular complexity index is 162. The van der Waals surface area contributed by atoms with E-state index in [9.17, 15) is 0 Å². The molecule has 0 bridgehead atoms. The van der Waals surface area contributed by atoms with Crippen molar-refractivity contribution in [2.45, 2.75) is 13.8 Å². The molecule has 0 N–H and O–H groups in total. The maximum atomic E-state index is 3.84. The Balaban J connectivity index is 4.10. The molecule has 56 valence electrons. The van der Waals surface area contributed by atoms with Gasteiger partial charge in [0.05, 0.1) is 0 Å². The standard InChI is InChI=1S/C9H15N/c1-6-10(5)9(4)7-8(2)3/h6-7H,1,4H2,2-3,5H3. The van der Waals surface area contributed by atoms with Gasteiger partial charge in [-0.2, -0.15) is 0 Å². The minimum Gasteiger partial charge on any atom is -0.352 e. The van der Waals surface area contributed by atoms with E-state index in [2.05, 4.69) is 13.2 Å². The number of hydrogen-bond donors (Lipinski definition) is 0. The maximum absolute atomic E-state index is 3.84. The van der Waals surface area contributed by atoms with Crippen LogP contribution in [0.25, 0.3) is 0 Å². The van der Waals surface area contributed by atoms with E-state index in [0.29, 0.717) is 0 Å². The summed E-state index contributed by atoms with van der Waals surface area (Å²) >= 11 is 0. The molecule has 0 amide bonds. The molecular formula is C9H15N. The van der Waals surface area contributed by atoms with E-state index < -0.39 is 0 Å². The van der Waals surface area contributed by atoms with E-state index in [1.165, 1.54) is 5.57 Å². The summed E-state index contributed by atoms with van der Waals surface area (Å²) in [5.41, 5.74) is 2.22. The van der Waals surface area contributed by atoms with Gasteiger partial charge in [-0.25, -0.2) is 0 Å². The van der Waals surface area contributed by atoms with E-state index in [4.69, 9.17) is 0 Å². The third-order valence-corrected chi connectivity index (χ3v) is 1.18. The second kappa shape index (κ2) is 3.94. The summed E-state index contributed by atoms with van der Waals surface area (Å²) < 4.78 is 0. The lowest BCUT2D eigenvalue weighted by Crippen LogP contribution is -2.06. The summed E-state index contributed by atoms with van der Waals surface area (Å²) in [5.74, 6) is 0. The molecule has 0 atom stereocenters. The first kappa shape index (κ1) is 9.02. The zero-order valence-electron chi connectivity index (χ0n) is 7.02. The van der Waals surface area contributed by atoms with Crippen molar-refractivity contribution in [2.24, 2.45) is 0 Å². The van der Waals surface area contributed by atoms with Crippen LogP contribution in [0.3, 0.4) is 0 Å². The van der Waals surface area contributed by atoms with Crippen LogP contribution >= 0.6 is 0 Å². The summed E-state index contributed by atoms with van der Waals surface area (Å²) in [6.45, 7) is 11.6. The second-order valence-electron chi connectivity index (χ2n) is 2.51. The van der Waals surface area contributed by atoms with Crippen LogP contribution in [0.1, 0.15) is 13.8 Å². The first-order valence-corrected chi connectivity index (χ1v) is 3.27. The Kier molecular flexibility index (Phi) is 3.55. The number of likely N-dealkylation sites (N-methyl/N-ethyl adjacent to an activating group) is 1. The van der Waals surface area contributed by atoms with Crippen molar-refractivity contribution in [3.63, 3.8) is 0 Å². The van der Waals surface area contributed by atoms with Crippen LogP contribution in [0.2, 0.25) is 0 Å². The van der Waals surface area contributed by atoms with Gasteiger partial charge in [0, 0.05) is 12.7 Å². The van der Waals surface area contributed by atoms with Gasteiger partial charge in [0.25, 0.3) is 0 Å². The van der Waals surface area contributed by atoms with Gasteiger partial charge >= 0.3 is 0 Å². The summed E-state index contributed by atoms with van der Waals surface area (Å²) in [6, 6.07) is 0. The van der Waals surface area contributed by atoms with Crippen LogP contribution in [0, 0.1) is 0 Å². The average Bonchev–Trinajstić information content (AvgIpc) is 1.85. The first-order chi connectivity index (χ1) is 4.57. The molecule has 0 fully saturated rings. The van der Waals surface area contributed by atoms with Gasteiger partial charge < -0.3 is 4.90 Å². The Morgan fingerprint density at radius 1 is 1.40 bits per heavy atom. The molecule has 0 aromatic carbocycles. The quantitative estimate of drug-likeness (QED) is 0.540. The predicted molar refractivity (Wildman–Crippen MR) is 46.5 cm³/mol. The van der Waals surface area contributed by atoms with Gasteiger partial charge in [-0.15, -0.1) is 0 Å². The molecule has 0 radical (unpaired) electrons. The molecule has 1 heteroatoms. The first-order valence-electron chi connectivity index (χ1n) is 3.27. The van der Waals surface area contributed by atoms with Gasteiger partial charge in [0.1, 0.15) is 0 Å². The fourth-order valence-electron chi connectivity index (χ4n) is 0.552. The molecule has 0 unspecified atom stereocenters. The molecule has 0 spiro atoms. The van der Waals surface area contributed by atoms with Gasteiger partial charge in [-0.3, -0.25) is 0 Å². The lowest BCUT2D eigenvalue weighted by atomic mass is 10.3. The fraction of sp³-hybridized carbons (Fsp3) is 0.333. The Hall–Kier alpha value is -0.980. The monoisotopic (exact) mass is 137 g/mol. The van der Waals surface area contributed by atoms with Gasteiger partial charge in [-0.05, 0) is 26.1 Å². The summed E-state index contributed by atoms with van der Waals surface area (Å²) in [7, 11) is 1.93. The van der Waals surface area contributed by atoms with Crippen LogP contribution in [-0.4, -0.2) is 11.9 Å². The van der Waals surface area contributed by atoms with E-state index in [-0.39, 0.29) is 0 Å². The van der Waals surface area contributed by atoms with Crippen molar-refractivity contribution in [3.8, 4) is 0 Å². The molecular weight excluding hydrogens is 122 g/mol. The van der Waals surface area contributed by atoms with Crippen LogP contribution in [0.15, 0.2) is 36.7 Å². The van der Waals surface area contributed by atoms with Crippen molar-refractivity contribution in [2.75, 3.05) is 7.05 Å². The van der Waals surface area contributed by atoms with Crippen LogP contribution in [0.5, 0.6) is 0 Å². The molecule has 0 heterocycles. The molecule has 0 rings (SSSR count). The van der Waals surface area contributed by atoms with Crippen molar-refractivity contribution in [3.05, 3.63) is 36.7 Å². The van der Waals surface area contributed by atoms with Crippen LogP contribution in [-0.2, 0) is 0 Å². The molecule has 0 saturated heterocycles. The highest BCUT2D eigenvalue weighted by Gasteiger charge is 1.90. The number of hydrogen-bond acceptors (Lipinski definition) is 1. The maximum Gasteiger partial charge on any atom is 0.0329 e. The second-order valence-corrected chi connectivity index (χ2v) is 2.51. The molecule has 0 aromatic rings. The minimum absolute atomic E-state index is 0.968. The van der Waals surface area contributed by atoms with E-state index in [0.717, 1.165) is 5.70 Å². The molecule has 10 heavy (non-hydrogen) atoms. The summed E-state index contributed by atoms with van der Waals surface area (Å²) in [5, 5.41) is 0. The van der Waals surface area contributed by atoms with E-state index >= 15 is 0 Å². The Morgan fingerprint density at radius 3 is 2.20 bits per heavy atom. The molecule has 0 aliphatic heterocycles. The van der Waals surface area contributed by atoms with Crippen molar-refractivity contribution in [1.29, 1.82) is 0 Å². The molecule has 0 saturated carbocycles. The summed E-state index contributed by atoms with van der Waals surface area (Å²) in [4.78, 5) is 1.88. The highest BCUT2D eigenvalue weighted by Crippen LogP contribution is 2.03. The van der Waals surface area contributed by atoms with E-state index in [1.807, 2.05) is 31.9 Å². The van der Waals surface area contributed by atoms with Gasteiger partial charge in [0.15, 0.2) is 0 Å². The average molecular weight is 137 g/mol. The lowest BCUT2D eigenvalue weighted by molar-refractivity contribution is 0.592. The van der Waals surface area contributed by atoms with Gasteiger partial charge in [0.2, 0.25) is 0 Å². The molecule has 1 nitrogen and oxygen atoms in total. The highest BCUT2D eigenvalue weighted by atomic mass is 15.1. The smallest absolute Gasteiger partial charge is 0.0329 e. The van der Waals surface area contributed by atoms with Crippen LogP contribution < -0.4 is 0 Å². The third-order valence-electron chi connectivity index (χ3n) is 1.18. The number of allylic oxidation sites excluding steroid dienone is 2. The normalized spacial score (nSPS) is 8.30. The molecule has 0 aliphatic carbocycles. The van der Waals surface area contributed by atoms with E-state index in [1.54, 1.807) is 6.20 Å². The fourth-order valence-corrected chi connectivity index (χ4v) is 0.552. The topological polar surface area (TPSA) is 3.24 Å². The largest absolute Gasteiger partial charge is 0.352 e.